The zero-order chi connectivity index (χ0) is 49.0. The van der Waals surface area contributed by atoms with Crippen LogP contribution in [0, 0.1) is 0 Å². The molecule has 0 amide bonds. The van der Waals surface area contributed by atoms with Crippen molar-refractivity contribution in [1.82, 2.24) is 0 Å². The molecule has 374 valence electrons. The number of aliphatic hydroxyl groups is 1. The molecule has 1 N–H and O–H groups in total. The van der Waals surface area contributed by atoms with Crippen molar-refractivity contribution in [2.75, 3.05) is 13.2 Å². The Kier molecular flexibility index (Phi) is 19.3. The SMILES string of the molecule is O[C@H]1O[C@H](COC2O[C@H](COCc3ccccc3)[C@@H](OCc3ccccc3)[C@H](OCc3ccccc3)[C@H]2OCc2ccccc2)[C@@H](OCc2ccccc2)[C@H](OCc2ccccc2)[C@H]1OCc1ccccc1. The average Bonchev–Trinajstić information content (AvgIpc) is 3.44. The Morgan fingerprint density at radius 1 is 0.278 bits per heavy atom. The number of ether oxygens (including phenoxy) is 10. The summed E-state index contributed by atoms with van der Waals surface area (Å²) in [6, 6.07) is 69.7. The van der Waals surface area contributed by atoms with Gasteiger partial charge in [0.15, 0.2) is 12.6 Å². The van der Waals surface area contributed by atoms with Crippen LogP contribution in [0.5, 0.6) is 0 Å². The largest absolute Gasteiger partial charge is 0.374 e. The van der Waals surface area contributed by atoms with Gasteiger partial charge in [0, 0.05) is 0 Å². The third-order valence-electron chi connectivity index (χ3n) is 12.7. The van der Waals surface area contributed by atoms with E-state index in [4.69, 9.17) is 47.4 Å². The number of hydrogen-bond acceptors (Lipinski definition) is 11. The van der Waals surface area contributed by atoms with Crippen molar-refractivity contribution in [1.29, 1.82) is 0 Å². The lowest BCUT2D eigenvalue weighted by atomic mass is 9.97. The van der Waals surface area contributed by atoms with Crippen LogP contribution < -0.4 is 0 Å². The lowest BCUT2D eigenvalue weighted by Crippen LogP contribution is -2.63. The molecule has 7 aromatic rings. The summed E-state index contributed by atoms with van der Waals surface area (Å²) in [5.41, 5.74) is 6.80. The Balaban J connectivity index is 1.04. The van der Waals surface area contributed by atoms with Gasteiger partial charge in [0.05, 0.1) is 59.5 Å². The molecule has 0 bridgehead atoms. The standard InChI is InChI=1S/C61H64O11/c62-60-58(68-41-50-32-18-6-19-33-50)56(66-39-48-28-14-4-15-29-48)55(65-38-47-26-12-3-13-27-47)53(71-60)44-70-61-59(69-42-51-34-20-7-21-35-51)57(67-40-49-30-16-5-17-31-49)54(64-37-46-24-10-2-11-25-46)52(72-61)43-63-36-45-22-8-1-9-23-45/h1-35,52-62H,36-44H2/t52-,53-,54-,55-,56+,57+,58-,59-,60+,61?/m1/s1. The maximum absolute atomic E-state index is 12.0. The molecule has 0 aromatic heterocycles. The molecule has 11 nitrogen and oxygen atoms in total. The third kappa shape index (κ3) is 14.8. The Bertz CT molecular complexity index is 2550. The van der Waals surface area contributed by atoms with Crippen molar-refractivity contribution in [3.8, 4) is 0 Å². The summed E-state index contributed by atoms with van der Waals surface area (Å²) in [6.45, 7) is 1.89. The van der Waals surface area contributed by atoms with Gasteiger partial charge in [-0.25, -0.2) is 0 Å². The Morgan fingerprint density at radius 2 is 0.556 bits per heavy atom. The van der Waals surface area contributed by atoms with Gasteiger partial charge in [-0.05, 0) is 38.9 Å². The van der Waals surface area contributed by atoms with E-state index in [1.165, 1.54) is 0 Å². The highest BCUT2D eigenvalue weighted by atomic mass is 16.7. The van der Waals surface area contributed by atoms with Crippen LogP contribution in [0.3, 0.4) is 0 Å². The molecule has 2 aliphatic rings. The van der Waals surface area contributed by atoms with Crippen LogP contribution in [0.2, 0.25) is 0 Å². The zero-order valence-corrected chi connectivity index (χ0v) is 40.4. The molecule has 0 aliphatic carbocycles. The number of aliphatic hydroxyl groups excluding tert-OH is 1. The van der Waals surface area contributed by atoms with Gasteiger partial charge in [-0.1, -0.05) is 212 Å². The molecule has 0 radical (unpaired) electrons. The quantitative estimate of drug-likeness (QED) is 0.0591. The van der Waals surface area contributed by atoms with Crippen molar-refractivity contribution >= 4 is 0 Å². The second-order valence-electron chi connectivity index (χ2n) is 18.0. The van der Waals surface area contributed by atoms with Crippen molar-refractivity contribution in [2.24, 2.45) is 0 Å². The van der Waals surface area contributed by atoms with Crippen molar-refractivity contribution in [3.63, 3.8) is 0 Å². The van der Waals surface area contributed by atoms with E-state index in [0.29, 0.717) is 6.61 Å². The molecule has 0 spiro atoms. The van der Waals surface area contributed by atoms with E-state index in [1.54, 1.807) is 0 Å². The van der Waals surface area contributed by atoms with Crippen LogP contribution in [0.1, 0.15) is 38.9 Å². The molecule has 2 saturated heterocycles. The summed E-state index contributed by atoms with van der Waals surface area (Å²) in [4.78, 5) is 0. The number of hydrogen-bond donors (Lipinski definition) is 1. The van der Waals surface area contributed by atoms with Crippen LogP contribution in [0.15, 0.2) is 212 Å². The number of benzene rings is 7. The third-order valence-corrected chi connectivity index (χ3v) is 12.7. The van der Waals surface area contributed by atoms with Crippen molar-refractivity contribution in [2.45, 2.75) is 108 Å². The van der Waals surface area contributed by atoms with E-state index in [9.17, 15) is 5.11 Å². The minimum Gasteiger partial charge on any atom is -0.374 e. The highest BCUT2D eigenvalue weighted by molar-refractivity contribution is 5.19. The average molecular weight is 973 g/mol. The van der Waals surface area contributed by atoms with Gasteiger partial charge in [-0.3, -0.25) is 0 Å². The smallest absolute Gasteiger partial charge is 0.187 e. The van der Waals surface area contributed by atoms with Crippen LogP contribution in [-0.4, -0.2) is 79.7 Å². The first-order chi connectivity index (χ1) is 35.6. The molecule has 0 saturated carbocycles. The molecule has 72 heavy (non-hydrogen) atoms. The summed E-state index contributed by atoms with van der Waals surface area (Å²) < 4.78 is 67.9. The minimum atomic E-state index is -1.41. The molecule has 2 heterocycles. The van der Waals surface area contributed by atoms with E-state index in [1.807, 2.05) is 212 Å². The van der Waals surface area contributed by atoms with Gasteiger partial charge in [0.2, 0.25) is 0 Å². The Morgan fingerprint density at radius 3 is 0.917 bits per heavy atom. The van der Waals surface area contributed by atoms with E-state index >= 15 is 0 Å². The van der Waals surface area contributed by atoms with Crippen LogP contribution in [0.4, 0.5) is 0 Å². The molecule has 11 heteroatoms. The van der Waals surface area contributed by atoms with Crippen LogP contribution in [-0.2, 0) is 93.6 Å². The molecule has 9 rings (SSSR count). The van der Waals surface area contributed by atoms with Crippen LogP contribution >= 0.6 is 0 Å². The van der Waals surface area contributed by atoms with Gasteiger partial charge in [0.1, 0.15) is 48.8 Å². The topological polar surface area (TPSA) is 113 Å². The highest BCUT2D eigenvalue weighted by Crippen LogP contribution is 2.34. The highest BCUT2D eigenvalue weighted by Gasteiger charge is 2.52. The van der Waals surface area contributed by atoms with Gasteiger partial charge in [-0.15, -0.1) is 0 Å². The molecule has 1 unspecified atom stereocenters. The summed E-state index contributed by atoms with van der Waals surface area (Å²) in [5, 5.41) is 12.0. The first-order valence-corrected chi connectivity index (χ1v) is 24.8. The van der Waals surface area contributed by atoms with E-state index in [0.717, 1.165) is 38.9 Å². The monoisotopic (exact) mass is 972 g/mol. The predicted octanol–water partition coefficient (Wildman–Crippen LogP) is 10.2. The van der Waals surface area contributed by atoms with E-state index in [-0.39, 0.29) is 52.9 Å². The Hall–Kier alpha value is -5.90. The molecular formula is C61H64O11. The van der Waals surface area contributed by atoms with E-state index in [2.05, 4.69) is 0 Å². The van der Waals surface area contributed by atoms with E-state index < -0.39 is 61.4 Å². The predicted molar refractivity (Wildman–Crippen MR) is 272 cm³/mol. The fourth-order valence-corrected chi connectivity index (χ4v) is 8.97. The first kappa shape index (κ1) is 51.0. The van der Waals surface area contributed by atoms with Gasteiger partial charge in [-0.2, -0.15) is 0 Å². The van der Waals surface area contributed by atoms with Crippen molar-refractivity contribution < 1.29 is 52.5 Å². The van der Waals surface area contributed by atoms with Gasteiger partial charge >= 0.3 is 0 Å². The second-order valence-corrected chi connectivity index (χ2v) is 18.0. The molecule has 7 aromatic carbocycles. The van der Waals surface area contributed by atoms with Crippen LogP contribution in [0.25, 0.3) is 0 Å². The zero-order valence-electron chi connectivity index (χ0n) is 40.4. The minimum absolute atomic E-state index is 0.0957. The van der Waals surface area contributed by atoms with Crippen molar-refractivity contribution in [3.05, 3.63) is 251 Å². The molecule has 2 fully saturated rings. The number of rotatable bonds is 25. The maximum atomic E-state index is 12.0. The fourth-order valence-electron chi connectivity index (χ4n) is 8.97. The molecule has 2 aliphatic heterocycles. The first-order valence-electron chi connectivity index (χ1n) is 24.8. The molecule has 10 atom stereocenters. The fraction of sp³-hybridized carbons (Fsp3) is 0.311. The molecular weight excluding hydrogens is 909 g/mol. The van der Waals surface area contributed by atoms with Gasteiger partial charge in [0.25, 0.3) is 0 Å². The lowest BCUT2D eigenvalue weighted by molar-refractivity contribution is -0.349. The van der Waals surface area contributed by atoms with Gasteiger partial charge < -0.3 is 52.5 Å². The lowest BCUT2D eigenvalue weighted by Gasteiger charge is -2.47. The maximum Gasteiger partial charge on any atom is 0.187 e. The summed E-state index contributed by atoms with van der Waals surface area (Å²) in [7, 11) is 0. The summed E-state index contributed by atoms with van der Waals surface area (Å²) in [5.74, 6) is 0. The Labute approximate surface area is 423 Å². The normalized spacial score (nSPS) is 24.2. The second kappa shape index (κ2) is 27.2. The summed E-state index contributed by atoms with van der Waals surface area (Å²) >= 11 is 0. The summed E-state index contributed by atoms with van der Waals surface area (Å²) in [6.07, 6.45) is -8.74.